The molecule has 1 N–H and O–H groups in total. The lowest BCUT2D eigenvalue weighted by Gasteiger charge is -2.25. The van der Waals surface area contributed by atoms with Gasteiger partial charge in [0.25, 0.3) is 0 Å². The van der Waals surface area contributed by atoms with Crippen LogP contribution in [0.15, 0.2) is 0 Å². The van der Waals surface area contributed by atoms with E-state index in [-0.39, 0.29) is 24.4 Å². The molecule has 0 fully saturated rings. The number of hydrogen-bond donors (Lipinski definition) is 1. The maximum Gasteiger partial charge on any atom is 0.323 e. The quantitative estimate of drug-likeness (QED) is 0.735. The molecule has 0 amide bonds. The minimum atomic E-state index is -0.529. The predicted octanol–water partition coefficient (Wildman–Crippen LogP) is 1.65. The topological polar surface area (TPSA) is 64.6 Å². The smallest absolute Gasteiger partial charge is 0.323 e. The average Bonchev–Trinajstić information content (AvgIpc) is 2.20. The molecule has 0 aliphatic rings. The van der Waals surface area contributed by atoms with E-state index >= 15 is 0 Å². The summed E-state index contributed by atoms with van der Waals surface area (Å²) in [5.41, 5.74) is -0.529. The predicted molar refractivity (Wildman–Crippen MR) is 69.2 cm³/mol. The van der Waals surface area contributed by atoms with Crippen LogP contribution in [0.5, 0.6) is 0 Å². The molecule has 0 heterocycles. The first-order valence-electron chi connectivity index (χ1n) is 6.21. The molecule has 0 bridgehead atoms. The van der Waals surface area contributed by atoms with E-state index in [1.807, 2.05) is 34.6 Å². The number of nitrogens with one attached hydrogen (secondary N) is 1. The molecule has 5 heteroatoms. The second-order valence-corrected chi connectivity index (χ2v) is 5.52. The van der Waals surface area contributed by atoms with Crippen LogP contribution in [0.1, 0.15) is 47.5 Å². The molecule has 0 spiro atoms. The van der Waals surface area contributed by atoms with Crippen molar-refractivity contribution in [3.05, 3.63) is 0 Å². The van der Waals surface area contributed by atoms with Crippen molar-refractivity contribution < 1.29 is 19.1 Å². The Bertz CT molecular complexity index is 281. The summed E-state index contributed by atoms with van der Waals surface area (Å²) in [5.74, 6) is -0.658. The van der Waals surface area contributed by atoms with Crippen molar-refractivity contribution in [1.29, 1.82) is 0 Å². The third kappa shape index (κ3) is 8.06. The van der Waals surface area contributed by atoms with E-state index in [4.69, 9.17) is 4.74 Å². The van der Waals surface area contributed by atoms with Gasteiger partial charge in [-0.15, -0.1) is 0 Å². The van der Waals surface area contributed by atoms with Crippen LogP contribution in [0.25, 0.3) is 0 Å². The molecule has 0 aromatic rings. The third-order valence-electron chi connectivity index (χ3n) is 2.09. The second-order valence-electron chi connectivity index (χ2n) is 5.52. The Morgan fingerprint density at radius 3 is 2.17 bits per heavy atom. The van der Waals surface area contributed by atoms with E-state index in [1.165, 1.54) is 7.11 Å². The summed E-state index contributed by atoms with van der Waals surface area (Å²) >= 11 is 0. The molecule has 0 aliphatic carbocycles. The summed E-state index contributed by atoms with van der Waals surface area (Å²) < 4.78 is 9.88. The van der Waals surface area contributed by atoms with E-state index in [2.05, 4.69) is 10.1 Å². The summed E-state index contributed by atoms with van der Waals surface area (Å²) in [5, 5.41) is 3.10. The lowest BCUT2D eigenvalue weighted by Crippen LogP contribution is -2.44. The van der Waals surface area contributed by atoms with Crippen LogP contribution in [-0.4, -0.2) is 36.7 Å². The van der Waals surface area contributed by atoms with Crippen molar-refractivity contribution in [2.45, 2.75) is 65.1 Å². The molecule has 0 radical (unpaired) electrons. The van der Waals surface area contributed by atoms with Gasteiger partial charge in [-0.3, -0.25) is 9.59 Å². The lowest BCUT2D eigenvalue weighted by atomic mass is 10.1. The Hall–Kier alpha value is -1.10. The van der Waals surface area contributed by atoms with Gasteiger partial charge in [-0.05, 0) is 27.2 Å². The summed E-state index contributed by atoms with van der Waals surface area (Å²) in [7, 11) is 1.33. The van der Waals surface area contributed by atoms with Crippen molar-refractivity contribution in [3.63, 3.8) is 0 Å². The Morgan fingerprint density at radius 2 is 1.78 bits per heavy atom. The first-order valence-corrected chi connectivity index (χ1v) is 6.21. The standard InChI is InChI=1S/C13H25NO4/c1-9(2)14-10(7-8-11(15)17-6)12(16)18-13(3,4)5/h9-10,14H,7-8H2,1-6H3. The Morgan fingerprint density at radius 1 is 1.22 bits per heavy atom. The average molecular weight is 259 g/mol. The molecular formula is C13H25NO4. The number of rotatable bonds is 6. The number of carbonyl (C=O) groups excluding carboxylic acids is 2. The van der Waals surface area contributed by atoms with E-state index in [0.29, 0.717) is 6.42 Å². The van der Waals surface area contributed by atoms with E-state index in [9.17, 15) is 9.59 Å². The fourth-order valence-electron chi connectivity index (χ4n) is 1.41. The molecule has 0 aromatic heterocycles. The fraction of sp³-hybridized carbons (Fsp3) is 0.846. The van der Waals surface area contributed by atoms with Gasteiger partial charge in [-0.1, -0.05) is 13.8 Å². The van der Waals surface area contributed by atoms with Crippen LogP contribution < -0.4 is 5.32 Å². The summed E-state index contributed by atoms with van der Waals surface area (Å²) in [4.78, 5) is 23.1. The third-order valence-corrected chi connectivity index (χ3v) is 2.09. The zero-order valence-electron chi connectivity index (χ0n) is 12.2. The second kappa shape index (κ2) is 7.36. The van der Waals surface area contributed by atoms with E-state index in [1.54, 1.807) is 0 Å². The normalized spacial score (nSPS) is 13.3. The first-order chi connectivity index (χ1) is 8.15. The highest BCUT2D eigenvalue weighted by Crippen LogP contribution is 2.11. The van der Waals surface area contributed by atoms with Crippen LogP contribution >= 0.6 is 0 Å². The van der Waals surface area contributed by atoms with Gasteiger partial charge in [0.1, 0.15) is 11.6 Å². The highest BCUT2D eigenvalue weighted by Gasteiger charge is 2.26. The zero-order valence-corrected chi connectivity index (χ0v) is 12.2. The lowest BCUT2D eigenvalue weighted by molar-refractivity contribution is -0.158. The highest BCUT2D eigenvalue weighted by atomic mass is 16.6. The van der Waals surface area contributed by atoms with Gasteiger partial charge < -0.3 is 14.8 Å². The minimum Gasteiger partial charge on any atom is -0.469 e. The van der Waals surface area contributed by atoms with Crippen LogP contribution in [0, 0.1) is 0 Å². The van der Waals surface area contributed by atoms with Gasteiger partial charge in [0.05, 0.1) is 7.11 Å². The van der Waals surface area contributed by atoms with Crippen LogP contribution in [0.2, 0.25) is 0 Å². The van der Waals surface area contributed by atoms with Gasteiger partial charge in [-0.2, -0.15) is 0 Å². The Kier molecular flexibility index (Phi) is 6.91. The molecule has 0 saturated heterocycles. The molecular weight excluding hydrogens is 234 g/mol. The fourth-order valence-corrected chi connectivity index (χ4v) is 1.41. The molecule has 1 unspecified atom stereocenters. The molecule has 0 rings (SSSR count). The largest absolute Gasteiger partial charge is 0.469 e. The van der Waals surface area contributed by atoms with Gasteiger partial charge >= 0.3 is 11.9 Å². The Labute approximate surface area is 109 Å². The molecule has 18 heavy (non-hydrogen) atoms. The van der Waals surface area contributed by atoms with Gasteiger partial charge in [0, 0.05) is 12.5 Å². The summed E-state index contributed by atoms with van der Waals surface area (Å²) in [6.07, 6.45) is 0.569. The number of methoxy groups -OCH3 is 1. The molecule has 106 valence electrons. The first kappa shape index (κ1) is 16.9. The number of esters is 2. The van der Waals surface area contributed by atoms with Crippen molar-refractivity contribution >= 4 is 11.9 Å². The summed E-state index contributed by atoms with van der Waals surface area (Å²) in [6.45, 7) is 9.33. The van der Waals surface area contributed by atoms with Gasteiger partial charge in [0.2, 0.25) is 0 Å². The van der Waals surface area contributed by atoms with Crippen molar-refractivity contribution in [3.8, 4) is 0 Å². The van der Waals surface area contributed by atoms with Crippen LogP contribution in [-0.2, 0) is 19.1 Å². The van der Waals surface area contributed by atoms with Crippen molar-refractivity contribution in [2.24, 2.45) is 0 Å². The molecule has 0 aliphatic heterocycles. The minimum absolute atomic E-state index is 0.139. The van der Waals surface area contributed by atoms with E-state index in [0.717, 1.165) is 0 Å². The van der Waals surface area contributed by atoms with Crippen molar-refractivity contribution in [2.75, 3.05) is 7.11 Å². The molecule has 0 saturated carbocycles. The SMILES string of the molecule is COC(=O)CCC(NC(C)C)C(=O)OC(C)(C)C. The Balaban J connectivity index is 4.47. The maximum absolute atomic E-state index is 12.0. The van der Waals surface area contributed by atoms with Gasteiger partial charge in [-0.25, -0.2) is 0 Å². The van der Waals surface area contributed by atoms with Crippen LogP contribution in [0.4, 0.5) is 0 Å². The molecule has 5 nitrogen and oxygen atoms in total. The van der Waals surface area contributed by atoms with Crippen molar-refractivity contribution in [1.82, 2.24) is 5.32 Å². The maximum atomic E-state index is 12.0. The number of carbonyl (C=O) groups is 2. The van der Waals surface area contributed by atoms with E-state index < -0.39 is 11.6 Å². The zero-order chi connectivity index (χ0) is 14.3. The number of ether oxygens (including phenoxy) is 2. The number of hydrogen-bond acceptors (Lipinski definition) is 5. The molecule has 1 atom stereocenters. The van der Waals surface area contributed by atoms with Crippen LogP contribution in [0.3, 0.4) is 0 Å². The van der Waals surface area contributed by atoms with Gasteiger partial charge in [0.15, 0.2) is 0 Å². The monoisotopic (exact) mass is 259 g/mol. The summed E-state index contributed by atoms with van der Waals surface area (Å²) in [6, 6.07) is -0.344. The molecule has 0 aromatic carbocycles. The highest BCUT2D eigenvalue weighted by molar-refractivity contribution is 5.77.